The first-order chi connectivity index (χ1) is 14.9. The maximum atomic E-state index is 13.7. The molecular formula is C23H25F3N4O. The van der Waals surface area contributed by atoms with Crippen LogP contribution in [0.3, 0.4) is 0 Å². The lowest BCUT2D eigenvalue weighted by atomic mass is 9.73. The zero-order valence-corrected chi connectivity index (χ0v) is 17.2. The predicted molar refractivity (Wildman–Crippen MR) is 112 cm³/mol. The molecule has 1 amide bonds. The molecule has 1 saturated heterocycles. The number of alkyl halides is 3. The minimum absolute atomic E-state index is 0.0275. The van der Waals surface area contributed by atoms with Gasteiger partial charge in [0.2, 0.25) is 5.91 Å². The normalized spacial score (nSPS) is 21.3. The number of para-hydroxylation sites is 2. The summed E-state index contributed by atoms with van der Waals surface area (Å²) in [6, 6.07) is 11.4. The van der Waals surface area contributed by atoms with Crippen LogP contribution in [0.2, 0.25) is 0 Å². The number of fused-ring (bicyclic) bond motifs is 2. The summed E-state index contributed by atoms with van der Waals surface area (Å²) in [4.78, 5) is 21.3. The second-order valence-electron chi connectivity index (χ2n) is 8.72. The topological polar surface area (TPSA) is 48.5 Å². The molecule has 0 spiro atoms. The minimum atomic E-state index is -4.21. The maximum Gasteiger partial charge on any atom is 0.406 e. The molecular weight excluding hydrogens is 405 g/mol. The Morgan fingerprint density at radius 1 is 1.10 bits per heavy atom. The standard InChI is InChI=1S/C23H25F3N4O/c24-23(25,26)22(10-4-11-22)29-13-8-16(9-14-29)21(31)30-15-17-5-3-12-27-20(17)28-18-6-1-2-7-19(18)30/h1-3,5-7,12,16H,4,8-11,13-15H2,(H,27,28). The molecule has 0 unspecified atom stereocenters. The van der Waals surface area contributed by atoms with Crippen LogP contribution < -0.4 is 10.2 Å². The molecule has 0 radical (unpaired) electrons. The highest BCUT2D eigenvalue weighted by Crippen LogP contribution is 2.50. The molecule has 0 bridgehead atoms. The smallest absolute Gasteiger partial charge is 0.338 e. The van der Waals surface area contributed by atoms with E-state index < -0.39 is 11.7 Å². The number of hydrogen-bond acceptors (Lipinski definition) is 4. The first kappa shape index (κ1) is 20.3. The van der Waals surface area contributed by atoms with Gasteiger partial charge in [-0.05, 0) is 63.4 Å². The molecule has 1 aliphatic carbocycles. The van der Waals surface area contributed by atoms with Crippen molar-refractivity contribution in [2.45, 2.75) is 50.4 Å². The van der Waals surface area contributed by atoms with E-state index in [0.717, 1.165) is 22.8 Å². The van der Waals surface area contributed by atoms with E-state index in [9.17, 15) is 18.0 Å². The van der Waals surface area contributed by atoms with Gasteiger partial charge in [0, 0.05) is 17.7 Å². The van der Waals surface area contributed by atoms with Crippen molar-refractivity contribution in [1.82, 2.24) is 9.88 Å². The summed E-state index contributed by atoms with van der Waals surface area (Å²) in [5.41, 5.74) is 0.815. The number of anilines is 3. The Hall–Kier alpha value is -2.61. The van der Waals surface area contributed by atoms with Gasteiger partial charge in [-0.15, -0.1) is 0 Å². The van der Waals surface area contributed by atoms with Crippen molar-refractivity contribution in [1.29, 1.82) is 0 Å². The van der Waals surface area contributed by atoms with E-state index in [-0.39, 0.29) is 24.7 Å². The molecule has 3 aliphatic rings. The van der Waals surface area contributed by atoms with Gasteiger partial charge in [0.15, 0.2) is 0 Å². The fourth-order valence-electron chi connectivity index (χ4n) is 5.14. The highest BCUT2D eigenvalue weighted by molar-refractivity contribution is 5.99. The Balaban J connectivity index is 1.36. The van der Waals surface area contributed by atoms with Gasteiger partial charge in [0.25, 0.3) is 0 Å². The van der Waals surface area contributed by atoms with E-state index >= 15 is 0 Å². The van der Waals surface area contributed by atoms with Gasteiger partial charge >= 0.3 is 6.18 Å². The molecule has 5 rings (SSSR count). The third kappa shape index (κ3) is 3.37. The Morgan fingerprint density at radius 3 is 2.52 bits per heavy atom. The number of nitrogens with one attached hydrogen (secondary N) is 1. The van der Waals surface area contributed by atoms with E-state index in [2.05, 4.69) is 10.3 Å². The number of benzene rings is 1. The van der Waals surface area contributed by atoms with Crippen molar-refractivity contribution in [3.63, 3.8) is 0 Å². The Bertz CT molecular complexity index is 981. The highest BCUT2D eigenvalue weighted by atomic mass is 19.4. The molecule has 31 heavy (non-hydrogen) atoms. The maximum absolute atomic E-state index is 13.7. The zero-order chi connectivity index (χ0) is 21.6. The van der Waals surface area contributed by atoms with Crippen molar-refractivity contribution in [2.75, 3.05) is 23.3 Å². The third-order valence-electron chi connectivity index (χ3n) is 7.09. The summed E-state index contributed by atoms with van der Waals surface area (Å²) in [7, 11) is 0. The van der Waals surface area contributed by atoms with Crippen LogP contribution in [0.4, 0.5) is 30.4 Å². The average Bonchev–Trinajstić information content (AvgIpc) is 2.88. The SMILES string of the molecule is O=C(C1CCN(C2(C(F)(F)F)CCC2)CC1)N1Cc2cccnc2Nc2ccccc21. The fourth-order valence-corrected chi connectivity index (χ4v) is 5.14. The molecule has 1 aromatic heterocycles. The summed E-state index contributed by atoms with van der Waals surface area (Å²) in [6.07, 6.45) is -0.657. The second kappa shape index (κ2) is 7.51. The molecule has 1 N–H and O–H groups in total. The van der Waals surface area contributed by atoms with E-state index in [1.54, 1.807) is 16.0 Å². The van der Waals surface area contributed by atoms with Crippen LogP contribution in [-0.2, 0) is 11.3 Å². The summed E-state index contributed by atoms with van der Waals surface area (Å²) in [5, 5.41) is 3.31. The number of likely N-dealkylation sites (tertiary alicyclic amines) is 1. The number of rotatable bonds is 2. The molecule has 1 saturated carbocycles. The van der Waals surface area contributed by atoms with Crippen molar-refractivity contribution in [3.8, 4) is 0 Å². The number of piperidine rings is 1. The second-order valence-corrected chi connectivity index (χ2v) is 8.72. The van der Waals surface area contributed by atoms with Gasteiger partial charge in [-0.25, -0.2) is 4.98 Å². The van der Waals surface area contributed by atoms with E-state index in [1.165, 1.54) is 0 Å². The van der Waals surface area contributed by atoms with E-state index in [1.807, 2.05) is 36.4 Å². The Labute approximate surface area is 179 Å². The summed E-state index contributed by atoms with van der Waals surface area (Å²) < 4.78 is 41.1. The van der Waals surface area contributed by atoms with E-state index in [4.69, 9.17) is 0 Å². The Kier molecular flexibility index (Phi) is 4.92. The molecule has 2 aromatic rings. The van der Waals surface area contributed by atoms with Crippen LogP contribution >= 0.6 is 0 Å². The van der Waals surface area contributed by atoms with Gasteiger partial charge in [-0.2, -0.15) is 13.2 Å². The van der Waals surface area contributed by atoms with Crippen molar-refractivity contribution >= 4 is 23.1 Å². The summed E-state index contributed by atoms with van der Waals surface area (Å²) in [6.45, 7) is 1.00. The fraction of sp³-hybridized carbons (Fsp3) is 0.478. The quantitative estimate of drug-likeness (QED) is 0.739. The summed E-state index contributed by atoms with van der Waals surface area (Å²) >= 11 is 0. The van der Waals surface area contributed by atoms with Gasteiger partial charge in [-0.1, -0.05) is 18.2 Å². The van der Waals surface area contributed by atoms with Crippen LogP contribution in [0.5, 0.6) is 0 Å². The molecule has 2 aliphatic heterocycles. The first-order valence-electron chi connectivity index (χ1n) is 10.8. The van der Waals surface area contributed by atoms with E-state index in [0.29, 0.717) is 38.9 Å². The number of amides is 1. The van der Waals surface area contributed by atoms with Crippen LogP contribution in [0.25, 0.3) is 0 Å². The first-order valence-corrected chi connectivity index (χ1v) is 10.8. The number of carbonyl (C=O) groups is 1. The number of aromatic nitrogens is 1. The van der Waals surface area contributed by atoms with Crippen LogP contribution in [0.1, 0.15) is 37.7 Å². The largest absolute Gasteiger partial charge is 0.406 e. The summed E-state index contributed by atoms with van der Waals surface area (Å²) in [5.74, 6) is 0.408. The van der Waals surface area contributed by atoms with Gasteiger partial charge < -0.3 is 10.2 Å². The lowest BCUT2D eigenvalue weighted by Crippen LogP contribution is -2.64. The number of pyridine rings is 1. The lowest BCUT2D eigenvalue weighted by Gasteiger charge is -2.53. The highest BCUT2D eigenvalue weighted by Gasteiger charge is 2.61. The van der Waals surface area contributed by atoms with Crippen molar-refractivity contribution in [3.05, 3.63) is 48.2 Å². The van der Waals surface area contributed by atoms with Gasteiger partial charge in [0.1, 0.15) is 11.4 Å². The monoisotopic (exact) mass is 430 g/mol. The van der Waals surface area contributed by atoms with Crippen LogP contribution in [0, 0.1) is 5.92 Å². The molecule has 5 nitrogen and oxygen atoms in total. The minimum Gasteiger partial charge on any atom is -0.338 e. The molecule has 8 heteroatoms. The third-order valence-corrected chi connectivity index (χ3v) is 7.09. The Morgan fingerprint density at radius 2 is 1.84 bits per heavy atom. The van der Waals surface area contributed by atoms with Gasteiger partial charge in [-0.3, -0.25) is 9.69 Å². The molecule has 0 atom stereocenters. The molecule has 2 fully saturated rings. The van der Waals surface area contributed by atoms with Crippen molar-refractivity contribution < 1.29 is 18.0 Å². The lowest BCUT2D eigenvalue weighted by molar-refractivity contribution is -0.261. The molecule has 1 aromatic carbocycles. The number of nitrogens with zero attached hydrogens (tertiary/aromatic N) is 3. The predicted octanol–water partition coefficient (Wildman–Crippen LogP) is 4.87. The van der Waals surface area contributed by atoms with Crippen molar-refractivity contribution in [2.24, 2.45) is 5.92 Å². The van der Waals surface area contributed by atoms with Crippen LogP contribution in [-0.4, -0.2) is 40.6 Å². The molecule has 3 heterocycles. The average molecular weight is 430 g/mol. The number of hydrogen-bond donors (Lipinski definition) is 1. The number of halogens is 3. The zero-order valence-electron chi connectivity index (χ0n) is 17.2. The molecule has 164 valence electrons. The van der Waals surface area contributed by atoms with Gasteiger partial charge in [0.05, 0.1) is 17.9 Å². The van der Waals surface area contributed by atoms with Crippen LogP contribution in [0.15, 0.2) is 42.6 Å². The number of carbonyl (C=O) groups excluding carboxylic acids is 1.